The fourth-order valence-corrected chi connectivity index (χ4v) is 5.18. The molecule has 0 saturated heterocycles. The van der Waals surface area contributed by atoms with E-state index in [0.717, 1.165) is 16.9 Å². The van der Waals surface area contributed by atoms with Crippen LogP contribution in [0.15, 0.2) is 27.8 Å². The largest absolute Gasteiger partial charge is 0.315 e. The Morgan fingerprint density at radius 3 is 2.80 bits per heavy atom. The van der Waals surface area contributed by atoms with Crippen LogP contribution in [0.2, 0.25) is 0 Å². The summed E-state index contributed by atoms with van der Waals surface area (Å²) in [5.41, 5.74) is 1.02. The molecule has 0 radical (unpaired) electrons. The lowest BCUT2D eigenvalue weighted by molar-refractivity contribution is 0.584. The van der Waals surface area contributed by atoms with Crippen molar-refractivity contribution in [2.75, 3.05) is 13.6 Å². The van der Waals surface area contributed by atoms with Crippen molar-refractivity contribution in [3.8, 4) is 0 Å². The molecule has 0 unspecified atom stereocenters. The number of nitrogens with one attached hydrogen (secondary N) is 2. The van der Waals surface area contributed by atoms with Crippen molar-refractivity contribution in [2.24, 2.45) is 0 Å². The molecule has 110 valence electrons. The molecule has 2 rings (SSSR count). The molecule has 7 heteroatoms. The molecule has 0 spiro atoms. The van der Waals surface area contributed by atoms with E-state index in [4.69, 9.17) is 0 Å². The van der Waals surface area contributed by atoms with Crippen molar-refractivity contribution < 1.29 is 8.42 Å². The number of thiophene rings is 2. The highest BCUT2D eigenvalue weighted by Gasteiger charge is 2.18. The molecule has 0 saturated carbocycles. The molecular formula is C13H18N2O2S3. The van der Waals surface area contributed by atoms with Gasteiger partial charge in [-0.2, -0.15) is 0 Å². The summed E-state index contributed by atoms with van der Waals surface area (Å²) in [6.07, 6.45) is 0.727. The minimum absolute atomic E-state index is 0.395. The maximum Gasteiger partial charge on any atom is 0.250 e. The van der Waals surface area contributed by atoms with E-state index in [0.29, 0.717) is 17.3 Å². The van der Waals surface area contributed by atoms with E-state index in [2.05, 4.69) is 10.0 Å². The molecule has 4 nitrogen and oxygen atoms in total. The SMILES string of the molecule is CNCc1sc(S(=O)(=O)NCCc2cccs2)cc1C. The summed E-state index contributed by atoms with van der Waals surface area (Å²) in [4.78, 5) is 2.25. The van der Waals surface area contributed by atoms with E-state index in [1.54, 1.807) is 17.4 Å². The molecule has 0 aliphatic heterocycles. The highest BCUT2D eigenvalue weighted by atomic mass is 32.2. The third-order valence-corrected chi connectivity index (χ3v) is 6.95. The summed E-state index contributed by atoms with van der Waals surface area (Å²) in [5, 5.41) is 5.04. The Labute approximate surface area is 127 Å². The van der Waals surface area contributed by atoms with Crippen LogP contribution >= 0.6 is 22.7 Å². The van der Waals surface area contributed by atoms with Crippen LogP contribution in [-0.2, 0) is 23.0 Å². The molecular weight excluding hydrogens is 312 g/mol. The Kier molecular flexibility index (Phi) is 5.34. The second kappa shape index (κ2) is 6.82. The van der Waals surface area contributed by atoms with Crippen molar-refractivity contribution >= 4 is 32.7 Å². The van der Waals surface area contributed by atoms with Crippen LogP contribution in [0.4, 0.5) is 0 Å². The Morgan fingerprint density at radius 1 is 1.35 bits per heavy atom. The van der Waals surface area contributed by atoms with Gasteiger partial charge in [-0.25, -0.2) is 13.1 Å². The number of hydrogen-bond donors (Lipinski definition) is 2. The molecule has 0 aromatic carbocycles. The van der Waals surface area contributed by atoms with Gasteiger partial charge in [-0.3, -0.25) is 0 Å². The van der Waals surface area contributed by atoms with Gasteiger partial charge in [0, 0.05) is 22.8 Å². The van der Waals surface area contributed by atoms with Gasteiger partial charge in [-0.05, 0) is 43.5 Å². The van der Waals surface area contributed by atoms with Gasteiger partial charge in [0.15, 0.2) is 0 Å². The lowest BCUT2D eigenvalue weighted by atomic mass is 10.3. The second-order valence-corrected chi connectivity index (χ2v) is 8.59. The van der Waals surface area contributed by atoms with Crippen molar-refractivity contribution in [3.63, 3.8) is 0 Å². The van der Waals surface area contributed by atoms with Crippen LogP contribution < -0.4 is 10.0 Å². The molecule has 2 heterocycles. The third-order valence-electron chi connectivity index (χ3n) is 2.84. The Bertz CT molecular complexity index is 645. The molecule has 0 aliphatic carbocycles. The minimum Gasteiger partial charge on any atom is -0.315 e. The maximum atomic E-state index is 12.2. The summed E-state index contributed by atoms with van der Waals surface area (Å²) in [5.74, 6) is 0. The summed E-state index contributed by atoms with van der Waals surface area (Å²) in [7, 11) is -1.53. The summed E-state index contributed by atoms with van der Waals surface area (Å²) < 4.78 is 27.5. The van der Waals surface area contributed by atoms with E-state index in [9.17, 15) is 8.42 Å². The zero-order chi connectivity index (χ0) is 14.6. The molecule has 0 fully saturated rings. The minimum atomic E-state index is -3.39. The number of hydrogen-bond acceptors (Lipinski definition) is 5. The standard InChI is InChI=1S/C13H18N2O2S3/c1-10-8-13(19-12(10)9-14-2)20(16,17)15-6-5-11-4-3-7-18-11/h3-4,7-8,14-15H,5-6,9H2,1-2H3. The van der Waals surface area contributed by atoms with Crippen LogP contribution in [0.25, 0.3) is 0 Å². The zero-order valence-electron chi connectivity index (χ0n) is 11.5. The van der Waals surface area contributed by atoms with Gasteiger partial charge >= 0.3 is 0 Å². The van der Waals surface area contributed by atoms with Gasteiger partial charge in [-0.15, -0.1) is 22.7 Å². The second-order valence-electron chi connectivity index (χ2n) is 4.43. The number of rotatable bonds is 7. The first-order valence-corrected chi connectivity index (χ1v) is 9.47. The van der Waals surface area contributed by atoms with Gasteiger partial charge in [0.2, 0.25) is 10.0 Å². The predicted octanol–water partition coefficient (Wildman–Crippen LogP) is 2.36. The fraction of sp³-hybridized carbons (Fsp3) is 0.385. The quantitative estimate of drug-likeness (QED) is 0.819. The van der Waals surface area contributed by atoms with Crippen molar-refractivity contribution in [3.05, 3.63) is 38.9 Å². The van der Waals surface area contributed by atoms with Gasteiger partial charge < -0.3 is 5.32 Å². The highest BCUT2D eigenvalue weighted by molar-refractivity contribution is 7.91. The Hall–Kier alpha value is -0.730. The van der Waals surface area contributed by atoms with E-state index < -0.39 is 10.0 Å². The van der Waals surface area contributed by atoms with Crippen LogP contribution in [0.1, 0.15) is 15.3 Å². The van der Waals surface area contributed by atoms with E-state index >= 15 is 0 Å². The van der Waals surface area contributed by atoms with Gasteiger partial charge in [0.05, 0.1) is 0 Å². The fourth-order valence-electron chi connectivity index (χ4n) is 1.79. The summed E-state index contributed by atoms with van der Waals surface area (Å²) in [6.45, 7) is 3.07. The van der Waals surface area contributed by atoms with Crippen molar-refractivity contribution in [1.82, 2.24) is 10.0 Å². The van der Waals surface area contributed by atoms with E-state index in [1.165, 1.54) is 16.2 Å². The first kappa shape index (κ1) is 15.7. The monoisotopic (exact) mass is 330 g/mol. The van der Waals surface area contributed by atoms with E-state index in [1.807, 2.05) is 31.5 Å². The average Bonchev–Trinajstić information content (AvgIpc) is 3.01. The van der Waals surface area contributed by atoms with Gasteiger partial charge in [0.1, 0.15) is 4.21 Å². The maximum absolute atomic E-state index is 12.2. The highest BCUT2D eigenvalue weighted by Crippen LogP contribution is 2.25. The topological polar surface area (TPSA) is 58.2 Å². The molecule has 2 aromatic rings. The van der Waals surface area contributed by atoms with Crippen LogP contribution in [0.5, 0.6) is 0 Å². The van der Waals surface area contributed by atoms with Crippen molar-refractivity contribution in [2.45, 2.75) is 24.1 Å². The molecule has 2 aromatic heterocycles. The third kappa shape index (κ3) is 3.89. The van der Waals surface area contributed by atoms with Crippen molar-refractivity contribution in [1.29, 1.82) is 0 Å². The number of aryl methyl sites for hydroxylation is 1. The Balaban J connectivity index is 2.00. The smallest absolute Gasteiger partial charge is 0.250 e. The van der Waals surface area contributed by atoms with Gasteiger partial charge in [-0.1, -0.05) is 6.07 Å². The molecule has 0 aliphatic rings. The van der Waals surface area contributed by atoms with Crippen LogP contribution in [0.3, 0.4) is 0 Å². The molecule has 0 amide bonds. The molecule has 0 bridgehead atoms. The number of sulfonamides is 1. The van der Waals surface area contributed by atoms with Crippen LogP contribution in [-0.4, -0.2) is 22.0 Å². The lowest BCUT2D eigenvalue weighted by Gasteiger charge is -2.03. The molecule has 20 heavy (non-hydrogen) atoms. The van der Waals surface area contributed by atoms with Gasteiger partial charge in [0.25, 0.3) is 0 Å². The average molecular weight is 331 g/mol. The lowest BCUT2D eigenvalue weighted by Crippen LogP contribution is -2.25. The normalized spacial score (nSPS) is 11.9. The summed E-state index contributed by atoms with van der Waals surface area (Å²) >= 11 is 2.97. The first-order chi connectivity index (χ1) is 9.53. The zero-order valence-corrected chi connectivity index (χ0v) is 13.9. The molecule has 2 N–H and O–H groups in total. The van der Waals surface area contributed by atoms with E-state index in [-0.39, 0.29) is 0 Å². The predicted molar refractivity (Wildman–Crippen MR) is 85.0 cm³/mol. The van der Waals surface area contributed by atoms with Crippen LogP contribution in [0, 0.1) is 6.92 Å². The first-order valence-electron chi connectivity index (χ1n) is 6.29. The summed E-state index contributed by atoms with van der Waals surface area (Å²) in [6, 6.07) is 5.73. The molecule has 0 atom stereocenters. The Morgan fingerprint density at radius 2 is 2.15 bits per heavy atom.